The highest BCUT2D eigenvalue weighted by molar-refractivity contribution is 5.92. The highest BCUT2D eigenvalue weighted by Gasteiger charge is 2.33. The highest BCUT2D eigenvalue weighted by Crippen LogP contribution is 2.31. The third-order valence-electron chi connectivity index (χ3n) is 4.78. The van der Waals surface area contributed by atoms with E-state index in [1.54, 1.807) is 0 Å². The molecule has 0 unspecified atom stereocenters. The molecule has 1 saturated heterocycles. The van der Waals surface area contributed by atoms with E-state index in [-0.39, 0.29) is 30.6 Å². The Kier molecular flexibility index (Phi) is 8.17. The number of likely N-dealkylation sites (tertiary alicyclic amines) is 1. The van der Waals surface area contributed by atoms with E-state index in [0.717, 1.165) is 13.1 Å². The first-order valence-corrected chi connectivity index (χ1v) is 8.87. The summed E-state index contributed by atoms with van der Waals surface area (Å²) in [6, 6.07) is 16.1. The molecular weight excluding hydrogens is 388 g/mol. The summed E-state index contributed by atoms with van der Waals surface area (Å²) in [4.78, 5) is 14.4. The summed E-state index contributed by atoms with van der Waals surface area (Å²) in [5, 5.41) is 2.78. The maximum absolute atomic E-state index is 12.3. The summed E-state index contributed by atoms with van der Waals surface area (Å²) in [6.45, 7) is -0.488. The lowest BCUT2D eigenvalue weighted by molar-refractivity contribution is -0.117. The summed E-state index contributed by atoms with van der Waals surface area (Å²) >= 11 is 0. The van der Waals surface area contributed by atoms with E-state index in [2.05, 4.69) is 27.1 Å². The van der Waals surface area contributed by atoms with E-state index in [4.69, 9.17) is 5.73 Å². The van der Waals surface area contributed by atoms with Gasteiger partial charge in [0.15, 0.2) is 0 Å². The molecule has 0 saturated carbocycles. The fourth-order valence-corrected chi connectivity index (χ4v) is 3.53. The number of nitrogens with two attached hydrogens (primary N) is 1. The summed E-state index contributed by atoms with van der Waals surface area (Å²) in [5.74, 6) is 0.529. The second-order valence-corrected chi connectivity index (χ2v) is 6.66. The molecule has 152 valence electrons. The summed E-state index contributed by atoms with van der Waals surface area (Å²) < 4.78 is 28.6. The molecule has 1 fully saturated rings. The minimum absolute atomic E-state index is 0. The van der Waals surface area contributed by atoms with Gasteiger partial charge in [0.1, 0.15) is 5.75 Å². The lowest BCUT2D eigenvalue weighted by atomic mass is 9.89. The van der Waals surface area contributed by atoms with Crippen LogP contribution >= 0.6 is 12.4 Å². The fraction of sp³-hybridized carbons (Fsp3) is 0.350. The highest BCUT2D eigenvalue weighted by atomic mass is 35.5. The summed E-state index contributed by atoms with van der Waals surface area (Å²) in [6.07, 6.45) is 0. The second kappa shape index (κ2) is 10.4. The van der Waals surface area contributed by atoms with Gasteiger partial charge in [-0.3, -0.25) is 9.69 Å². The third-order valence-corrected chi connectivity index (χ3v) is 4.78. The molecular formula is C20H24ClF2N3O2. The zero-order valence-corrected chi connectivity index (χ0v) is 16.1. The average molecular weight is 412 g/mol. The van der Waals surface area contributed by atoms with E-state index >= 15 is 0 Å². The van der Waals surface area contributed by atoms with Crippen molar-refractivity contribution in [3.63, 3.8) is 0 Å². The SMILES string of the molecule is Cl.NC[C@@H]1CN(CC(=O)Nc2ccc(OC(F)F)cc2)C[C@H]1c1ccccc1. The maximum Gasteiger partial charge on any atom is 0.387 e. The molecule has 1 heterocycles. The molecule has 28 heavy (non-hydrogen) atoms. The van der Waals surface area contributed by atoms with Gasteiger partial charge in [-0.05, 0) is 42.3 Å². The first-order chi connectivity index (χ1) is 13.0. The Morgan fingerprint density at radius 3 is 2.43 bits per heavy atom. The van der Waals surface area contributed by atoms with E-state index < -0.39 is 6.61 Å². The minimum Gasteiger partial charge on any atom is -0.435 e. The van der Waals surface area contributed by atoms with Crippen molar-refractivity contribution in [3.05, 3.63) is 60.2 Å². The molecule has 3 N–H and O–H groups in total. The molecule has 0 radical (unpaired) electrons. The van der Waals surface area contributed by atoms with E-state index in [9.17, 15) is 13.6 Å². The van der Waals surface area contributed by atoms with Crippen molar-refractivity contribution in [2.75, 3.05) is 31.5 Å². The number of amides is 1. The molecule has 2 aromatic carbocycles. The number of hydrogen-bond acceptors (Lipinski definition) is 4. The van der Waals surface area contributed by atoms with Crippen molar-refractivity contribution < 1.29 is 18.3 Å². The molecule has 2 atom stereocenters. The summed E-state index contributed by atoms with van der Waals surface area (Å²) in [7, 11) is 0. The molecule has 0 spiro atoms. The predicted octanol–water partition coefficient (Wildman–Crippen LogP) is 3.32. The fourth-order valence-electron chi connectivity index (χ4n) is 3.53. The molecule has 1 aliphatic rings. The number of ether oxygens (including phenoxy) is 1. The van der Waals surface area contributed by atoms with Crippen molar-refractivity contribution in [2.45, 2.75) is 12.5 Å². The Labute approximate surface area is 169 Å². The van der Waals surface area contributed by atoms with Crippen LogP contribution in [-0.2, 0) is 4.79 Å². The number of carbonyl (C=O) groups is 1. The first-order valence-electron chi connectivity index (χ1n) is 8.87. The second-order valence-electron chi connectivity index (χ2n) is 6.66. The number of hydrogen-bond donors (Lipinski definition) is 2. The third kappa shape index (κ3) is 5.89. The molecule has 1 aliphatic heterocycles. The maximum atomic E-state index is 12.3. The first kappa shape index (κ1) is 22.1. The van der Waals surface area contributed by atoms with Gasteiger partial charge < -0.3 is 15.8 Å². The number of anilines is 1. The molecule has 5 nitrogen and oxygen atoms in total. The van der Waals surface area contributed by atoms with Crippen LogP contribution in [0.3, 0.4) is 0 Å². The lowest BCUT2D eigenvalue weighted by Gasteiger charge is -2.16. The number of halogens is 3. The predicted molar refractivity (Wildman–Crippen MR) is 107 cm³/mol. The number of nitrogens with zero attached hydrogens (tertiary/aromatic N) is 1. The molecule has 0 aliphatic carbocycles. The van der Waals surface area contributed by atoms with Gasteiger partial charge in [-0.15, -0.1) is 12.4 Å². The average Bonchev–Trinajstić information content (AvgIpc) is 3.06. The van der Waals surface area contributed by atoms with E-state index in [1.807, 2.05) is 18.2 Å². The van der Waals surface area contributed by atoms with Crippen LogP contribution in [0.25, 0.3) is 0 Å². The zero-order valence-electron chi connectivity index (χ0n) is 15.3. The van der Waals surface area contributed by atoms with Gasteiger partial charge in [0.25, 0.3) is 0 Å². The van der Waals surface area contributed by atoms with Gasteiger partial charge in [-0.1, -0.05) is 30.3 Å². The van der Waals surface area contributed by atoms with Gasteiger partial charge in [-0.2, -0.15) is 8.78 Å². The number of rotatable bonds is 7. The van der Waals surface area contributed by atoms with E-state index in [0.29, 0.717) is 24.1 Å². The number of alkyl halides is 2. The van der Waals surface area contributed by atoms with Crippen LogP contribution in [0, 0.1) is 5.92 Å². The standard InChI is InChI=1S/C20H23F2N3O2.ClH/c21-20(22)27-17-8-6-16(7-9-17)24-19(26)13-25-11-15(10-23)18(12-25)14-4-2-1-3-5-14;/h1-9,15,18,20H,10-13,23H2,(H,24,26);1H/t15-,18+;/m1./s1. The molecule has 2 aromatic rings. The van der Waals surface area contributed by atoms with Crippen molar-refractivity contribution in [3.8, 4) is 5.75 Å². The van der Waals surface area contributed by atoms with Crippen LogP contribution in [0.5, 0.6) is 5.75 Å². The van der Waals surface area contributed by atoms with Gasteiger partial charge in [0, 0.05) is 24.7 Å². The molecule has 3 rings (SSSR count). The Morgan fingerprint density at radius 2 is 1.82 bits per heavy atom. The molecule has 0 aromatic heterocycles. The molecule has 1 amide bonds. The van der Waals surface area contributed by atoms with Crippen molar-refractivity contribution >= 4 is 24.0 Å². The van der Waals surface area contributed by atoms with E-state index in [1.165, 1.54) is 29.8 Å². The van der Waals surface area contributed by atoms with Crippen LogP contribution in [0.1, 0.15) is 11.5 Å². The van der Waals surface area contributed by atoms with Gasteiger partial charge in [-0.25, -0.2) is 0 Å². The summed E-state index contributed by atoms with van der Waals surface area (Å²) in [5.41, 5.74) is 7.71. The Bertz CT molecular complexity index is 747. The van der Waals surface area contributed by atoms with Gasteiger partial charge in [0.05, 0.1) is 6.54 Å². The van der Waals surface area contributed by atoms with Crippen LogP contribution in [0.15, 0.2) is 54.6 Å². The van der Waals surface area contributed by atoms with Crippen molar-refractivity contribution in [1.82, 2.24) is 4.90 Å². The molecule has 0 bridgehead atoms. The monoisotopic (exact) mass is 411 g/mol. The normalized spacial score (nSPS) is 19.3. The number of benzene rings is 2. The van der Waals surface area contributed by atoms with Crippen molar-refractivity contribution in [2.24, 2.45) is 11.7 Å². The molecule has 8 heteroatoms. The minimum atomic E-state index is -2.87. The zero-order chi connectivity index (χ0) is 19.2. The largest absolute Gasteiger partial charge is 0.435 e. The Hall–Kier alpha value is -2.22. The van der Waals surface area contributed by atoms with Crippen LogP contribution in [0.2, 0.25) is 0 Å². The van der Waals surface area contributed by atoms with Gasteiger partial charge >= 0.3 is 6.61 Å². The van der Waals surface area contributed by atoms with Crippen molar-refractivity contribution in [1.29, 1.82) is 0 Å². The number of nitrogens with one attached hydrogen (secondary N) is 1. The lowest BCUT2D eigenvalue weighted by Crippen LogP contribution is -2.32. The van der Waals surface area contributed by atoms with Crippen LogP contribution < -0.4 is 15.8 Å². The topological polar surface area (TPSA) is 67.6 Å². The number of carbonyl (C=O) groups excluding carboxylic acids is 1. The van der Waals surface area contributed by atoms with Gasteiger partial charge in [0.2, 0.25) is 5.91 Å². The van der Waals surface area contributed by atoms with Crippen LogP contribution in [-0.4, -0.2) is 43.6 Å². The van der Waals surface area contributed by atoms with Crippen LogP contribution in [0.4, 0.5) is 14.5 Å². The quantitative estimate of drug-likeness (QED) is 0.733. The smallest absolute Gasteiger partial charge is 0.387 e. The Morgan fingerprint density at radius 1 is 1.14 bits per heavy atom. The Balaban J connectivity index is 0.00000280.